The van der Waals surface area contributed by atoms with Crippen molar-refractivity contribution in [3.63, 3.8) is 0 Å². The van der Waals surface area contributed by atoms with Crippen molar-refractivity contribution in [1.29, 1.82) is 0 Å². The van der Waals surface area contributed by atoms with Crippen LogP contribution in [0.2, 0.25) is 0 Å². The average molecular weight is 433 g/mol. The van der Waals surface area contributed by atoms with Gasteiger partial charge in [0.1, 0.15) is 5.75 Å². The fraction of sp³-hybridized carbons (Fsp3) is 0.714. The minimum atomic E-state index is -2.75. The summed E-state index contributed by atoms with van der Waals surface area (Å²) in [5.41, 5.74) is 3.00. The molecular formula is C28H42F2O. The molecule has 3 heteroatoms. The molecule has 1 unspecified atom stereocenters. The molecule has 0 heterocycles. The maximum absolute atomic E-state index is 12.3. The molecule has 2 aliphatic carbocycles. The molecule has 0 aromatic heterocycles. The minimum Gasteiger partial charge on any atom is -0.435 e. The van der Waals surface area contributed by atoms with Crippen molar-refractivity contribution >= 4 is 0 Å². The second-order valence-electron chi connectivity index (χ2n) is 9.83. The fourth-order valence-electron chi connectivity index (χ4n) is 5.72. The lowest BCUT2D eigenvalue weighted by Crippen LogP contribution is -2.22. The molecule has 1 fully saturated rings. The Morgan fingerprint density at radius 1 is 0.839 bits per heavy atom. The van der Waals surface area contributed by atoms with E-state index in [1.165, 1.54) is 102 Å². The summed E-state index contributed by atoms with van der Waals surface area (Å²) in [6.07, 6.45) is 22.8. The highest BCUT2D eigenvalue weighted by molar-refractivity contribution is 5.29. The predicted octanol–water partition coefficient (Wildman–Crippen LogP) is 9.43. The van der Waals surface area contributed by atoms with Crippen LogP contribution in [0.3, 0.4) is 0 Å². The van der Waals surface area contributed by atoms with Crippen LogP contribution in [-0.2, 0) is 0 Å². The van der Waals surface area contributed by atoms with Crippen molar-refractivity contribution in [2.45, 2.75) is 116 Å². The van der Waals surface area contributed by atoms with E-state index in [1.54, 1.807) is 17.7 Å². The van der Waals surface area contributed by atoms with E-state index in [-0.39, 0.29) is 5.75 Å². The Kier molecular flexibility index (Phi) is 10.4. The standard InChI is InChI=1S/C28H42F2O/c1-2-3-4-5-6-7-8-9-22-10-12-23(13-11-22)24-14-16-25(17-15-24)26-18-20-27(21-19-26)31-28(29)30/h10,18-21,23-25,28H,2-9,11-17H2,1H3. The van der Waals surface area contributed by atoms with Crippen molar-refractivity contribution in [2.24, 2.45) is 11.8 Å². The summed E-state index contributed by atoms with van der Waals surface area (Å²) in [6, 6.07) is 7.32. The van der Waals surface area contributed by atoms with E-state index in [4.69, 9.17) is 0 Å². The van der Waals surface area contributed by atoms with E-state index in [0.29, 0.717) is 5.92 Å². The Hall–Kier alpha value is -1.38. The molecule has 1 nitrogen and oxygen atoms in total. The van der Waals surface area contributed by atoms with Gasteiger partial charge in [-0.1, -0.05) is 69.2 Å². The minimum absolute atomic E-state index is 0.258. The van der Waals surface area contributed by atoms with E-state index in [0.717, 1.165) is 11.8 Å². The first-order valence-corrected chi connectivity index (χ1v) is 12.9. The molecule has 0 amide bonds. The number of rotatable bonds is 12. The number of allylic oxidation sites excluding steroid dienone is 2. The lowest BCUT2D eigenvalue weighted by atomic mass is 9.70. The van der Waals surface area contributed by atoms with Crippen LogP contribution in [0, 0.1) is 11.8 Å². The lowest BCUT2D eigenvalue weighted by Gasteiger charge is -2.35. The van der Waals surface area contributed by atoms with E-state index in [9.17, 15) is 8.78 Å². The molecule has 0 spiro atoms. The molecule has 1 aromatic rings. The normalized spacial score (nSPS) is 24.3. The quantitative estimate of drug-likeness (QED) is 0.236. The molecule has 0 radical (unpaired) electrons. The molecular weight excluding hydrogens is 390 g/mol. The zero-order chi connectivity index (χ0) is 21.9. The Morgan fingerprint density at radius 2 is 1.52 bits per heavy atom. The van der Waals surface area contributed by atoms with E-state index >= 15 is 0 Å². The number of alkyl halides is 2. The molecule has 0 aliphatic heterocycles. The third kappa shape index (κ3) is 8.24. The number of unbranched alkanes of at least 4 members (excludes halogenated alkanes) is 6. The first kappa shape index (κ1) is 24.3. The van der Waals surface area contributed by atoms with Gasteiger partial charge < -0.3 is 4.74 Å². The highest BCUT2D eigenvalue weighted by Crippen LogP contribution is 2.43. The van der Waals surface area contributed by atoms with Gasteiger partial charge in [-0.05, 0) is 93.2 Å². The first-order chi connectivity index (χ1) is 15.2. The lowest BCUT2D eigenvalue weighted by molar-refractivity contribution is -0.0498. The van der Waals surface area contributed by atoms with Gasteiger partial charge in [0.25, 0.3) is 0 Å². The van der Waals surface area contributed by atoms with Crippen LogP contribution < -0.4 is 4.74 Å². The Bertz CT molecular complexity index is 643. The van der Waals surface area contributed by atoms with Gasteiger partial charge in [-0.2, -0.15) is 8.78 Å². The molecule has 1 aromatic carbocycles. The molecule has 31 heavy (non-hydrogen) atoms. The number of halogens is 2. The van der Waals surface area contributed by atoms with Crippen molar-refractivity contribution in [3.05, 3.63) is 41.5 Å². The summed E-state index contributed by atoms with van der Waals surface area (Å²) in [5.74, 6) is 2.58. The van der Waals surface area contributed by atoms with E-state index < -0.39 is 6.61 Å². The monoisotopic (exact) mass is 432 g/mol. The molecule has 2 aliphatic rings. The molecule has 174 valence electrons. The summed E-state index contributed by atoms with van der Waals surface area (Å²) in [7, 11) is 0. The summed E-state index contributed by atoms with van der Waals surface area (Å²) < 4.78 is 29.1. The van der Waals surface area contributed by atoms with Crippen molar-refractivity contribution in [3.8, 4) is 5.75 Å². The first-order valence-electron chi connectivity index (χ1n) is 12.9. The molecule has 0 saturated heterocycles. The number of hydrogen-bond acceptors (Lipinski definition) is 1. The number of benzene rings is 1. The topological polar surface area (TPSA) is 9.23 Å². The Morgan fingerprint density at radius 3 is 2.13 bits per heavy atom. The summed E-state index contributed by atoms with van der Waals surface area (Å²) in [6.45, 7) is -0.467. The van der Waals surface area contributed by atoms with E-state index in [2.05, 4.69) is 17.7 Å². The van der Waals surface area contributed by atoms with E-state index in [1.807, 2.05) is 12.1 Å². The second-order valence-corrected chi connectivity index (χ2v) is 9.83. The smallest absolute Gasteiger partial charge is 0.387 e. The number of ether oxygens (including phenoxy) is 1. The third-order valence-corrected chi connectivity index (χ3v) is 7.66. The van der Waals surface area contributed by atoms with Gasteiger partial charge in [0.2, 0.25) is 0 Å². The van der Waals surface area contributed by atoms with Gasteiger partial charge in [0.15, 0.2) is 0 Å². The Labute approximate surface area is 188 Å². The summed E-state index contributed by atoms with van der Waals surface area (Å²) >= 11 is 0. The summed E-state index contributed by atoms with van der Waals surface area (Å²) in [4.78, 5) is 0. The van der Waals surface area contributed by atoms with Gasteiger partial charge in [-0.15, -0.1) is 0 Å². The van der Waals surface area contributed by atoms with Crippen LogP contribution in [0.4, 0.5) is 8.78 Å². The SMILES string of the molecule is CCCCCCCCCC1=CCC(C2CCC(c3ccc(OC(F)F)cc3)CC2)CC1. The van der Waals surface area contributed by atoms with Crippen molar-refractivity contribution in [2.75, 3.05) is 0 Å². The van der Waals surface area contributed by atoms with Crippen LogP contribution in [0.5, 0.6) is 5.75 Å². The van der Waals surface area contributed by atoms with Crippen molar-refractivity contribution in [1.82, 2.24) is 0 Å². The third-order valence-electron chi connectivity index (χ3n) is 7.66. The van der Waals surface area contributed by atoms with Gasteiger partial charge in [-0.3, -0.25) is 0 Å². The molecule has 1 atom stereocenters. The molecule has 0 bridgehead atoms. The Balaban J connectivity index is 1.33. The average Bonchev–Trinajstić information content (AvgIpc) is 2.79. The second kappa shape index (κ2) is 13.2. The largest absolute Gasteiger partial charge is 0.435 e. The summed E-state index contributed by atoms with van der Waals surface area (Å²) in [5, 5.41) is 0. The highest BCUT2D eigenvalue weighted by Gasteiger charge is 2.29. The van der Waals surface area contributed by atoms with Crippen LogP contribution >= 0.6 is 0 Å². The highest BCUT2D eigenvalue weighted by atomic mass is 19.3. The van der Waals surface area contributed by atoms with Crippen LogP contribution in [0.1, 0.15) is 115 Å². The van der Waals surface area contributed by atoms with Gasteiger partial charge >= 0.3 is 6.61 Å². The van der Waals surface area contributed by atoms with Crippen LogP contribution in [0.15, 0.2) is 35.9 Å². The zero-order valence-electron chi connectivity index (χ0n) is 19.5. The van der Waals surface area contributed by atoms with Gasteiger partial charge in [0, 0.05) is 0 Å². The van der Waals surface area contributed by atoms with Gasteiger partial charge in [0.05, 0.1) is 0 Å². The number of hydrogen-bond donors (Lipinski definition) is 0. The molecule has 1 saturated carbocycles. The maximum Gasteiger partial charge on any atom is 0.387 e. The van der Waals surface area contributed by atoms with Crippen LogP contribution in [-0.4, -0.2) is 6.61 Å². The van der Waals surface area contributed by atoms with Crippen molar-refractivity contribution < 1.29 is 13.5 Å². The predicted molar refractivity (Wildman–Crippen MR) is 126 cm³/mol. The molecule has 3 rings (SSSR count). The maximum atomic E-state index is 12.3. The molecule has 0 N–H and O–H groups in total. The zero-order valence-corrected chi connectivity index (χ0v) is 19.5. The van der Waals surface area contributed by atoms with Crippen LogP contribution in [0.25, 0.3) is 0 Å². The van der Waals surface area contributed by atoms with Gasteiger partial charge in [-0.25, -0.2) is 0 Å². The fourth-order valence-corrected chi connectivity index (χ4v) is 5.72.